The van der Waals surface area contributed by atoms with Crippen molar-refractivity contribution in [3.8, 4) is 27.6 Å². The van der Waals surface area contributed by atoms with E-state index in [1.165, 1.54) is 16.0 Å². The van der Waals surface area contributed by atoms with Crippen molar-refractivity contribution in [2.24, 2.45) is 0 Å². The van der Waals surface area contributed by atoms with Crippen LogP contribution < -0.4 is 0 Å². The molecule has 178 valence electrons. The summed E-state index contributed by atoms with van der Waals surface area (Å²) in [4.78, 5) is 21.8. The fraction of sp³-hybridized carbons (Fsp3) is 0.167. The summed E-state index contributed by atoms with van der Waals surface area (Å²) in [5.41, 5.74) is 3.98. The monoisotopic (exact) mass is 543 g/mol. The summed E-state index contributed by atoms with van der Waals surface area (Å²) in [7, 11) is 0. The van der Waals surface area contributed by atoms with Crippen LogP contribution in [0.3, 0.4) is 0 Å². The molecule has 5 aromatic rings. The van der Waals surface area contributed by atoms with E-state index in [1.807, 2.05) is 34.9 Å². The highest BCUT2D eigenvalue weighted by Crippen LogP contribution is 2.42. The SMILES string of the molecule is Cc1nn(-c2nc(-c3ccc(Cl)c(Cl)c3)c(SC(C)C)s2)c(C(=O)O)c1-c1cnc2ccccn12. The Morgan fingerprint density at radius 2 is 1.97 bits per heavy atom. The van der Waals surface area contributed by atoms with E-state index >= 15 is 0 Å². The number of carbonyl (C=O) groups is 1. The number of pyridine rings is 1. The van der Waals surface area contributed by atoms with Crippen molar-refractivity contribution in [2.75, 3.05) is 0 Å². The quantitative estimate of drug-likeness (QED) is 0.229. The molecule has 0 aliphatic heterocycles. The fourth-order valence-corrected chi connectivity index (χ4v) is 6.57. The molecule has 0 unspecified atom stereocenters. The summed E-state index contributed by atoms with van der Waals surface area (Å²) in [5.74, 6) is -1.10. The Bertz CT molecular complexity index is 1590. The molecular weight excluding hydrogens is 525 g/mol. The van der Waals surface area contributed by atoms with Crippen molar-refractivity contribution in [1.82, 2.24) is 24.1 Å². The molecule has 0 bridgehead atoms. The second kappa shape index (κ2) is 9.31. The minimum absolute atomic E-state index is 0.0312. The number of aryl methyl sites for hydroxylation is 1. The summed E-state index contributed by atoms with van der Waals surface area (Å²) in [5, 5.41) is 16.5. The number of rotatable bonds is 6. The summed E-state index contributed by atoms with van der Waals surface area (Å²) in [6.07, 6.45) is 3.52. The Morgan fingerprint density at radius 3 is 2.69 bits per heavy atom. The van der Waals surface area contributed by atoms with Crippen molar-refractivity contribution in [3.05, 3.63) is 70.2 Å². The average Bonchev–Trinajstić information content (AvgIpc) is 3.50. The number of aromatic carboxylic acids is 1. The lowest BCUT2D eigenvalue weighted by Crippen LogP contribution is -2.09. The lowest BCUT2D eigenvalue weighted by molar-refractivity contribution is 0.0688. The third-order valence-corrected chi connectivity index (χ3v) is 8.22. The number of carboxylic acid groups (broad SMARTS) is 1. The lowest BCUT2D eigenvalue weighted by atomic mass is 10.1. The molecule has 0 fully saturated rings. The molecule has 0 atom stereocenters. The van der Waals surface area contributed by atoms with Gasteiger partial charge in [0.25, 0.3) is 0 Å². The minimum Gasteiger partial charge on any atom is -0.476 e. The highest BCUT2D eigenvalue weighted by Gasteiger charge is 2.28. The van der Waals surface area contributed by atoms with E-state index in [0.717, 1.165) is 15.4 Å². The number of benzene rings is 1. The summed E-state index contributed by atoms with van der Waals surface area (Å²) >= 11 is 15.4. The van der Waals surface area contributed by atoms with E-state index in [2.05, 4.69) is 23.9 Å². The van der Waals surface area contributed by atoms with Gasteiger partial charge in [-0.05, 0) is 31.2 Å². The molecule has 0 radical (unpaired) electrons. The van der Waals surface area contributed by atoms with Gasteiger partial charge in [0.15, 0.2) is 5.69 Å². The largest absolute Gasteiger partial charge is 0.476 e. The molecule has 5 rings (SSSR count). The van der Waals surface area contributed by atoms with Gasteiger partial charge in [0.2, 0.25) is 5.13 Å². The molecule has 0 amide bonds. The Morgan fingerprint density at radius 1 is 1.17 bits per heavy atom. The number of nitrogens with zero attached hydrogens (tertiary/aromatic N) is 5. The lowest BCUT2D eigenvalue weighted by Gasteiger charge is -2.05. The zero-order valence-electron chi connectivity index (χ0n) is 18.9. The van der Waals surface area contributed by atoms with Gasteiger partial charge in [0.1, 0.15) is 5.65 Å². The van der Waals surface area contributed by atoms with Crippen LogP contribution >= 0.6 is 46.3 Å². The number of imidazole rings is 1. The molecule has 0 aliphatic carbocycles. The van der Waals surface area contributed by atoms with E-state index < -0.39 is 5.97 Å². The summed E-state index contributed by atoms with van der Waals surface area (Å²) < 4.78 is 4.20. The van der Waals surface area contributed by atoms with Crippen LogP contribution in [0.5, 0.6) is 0 Å². The van der Waals surface area contributed by atoms with Crippen LogP contribution in [0.4, 0.5) is 0 Å². The highest BCUT2D eigenvalue weighted by atomic mass is 35.5. The molecule has 4 aromatic heterocycles. The number of hydrogen-bond acceptors (Lipinski definition) is 6. The van der Waals surface area contributed by atoms with Gasteiger partial charge in [-0.3, -0.25) is 4.40 Å². The number of carboxylic acids is 1. The zero-order valence-corrected chi connectivity index (χ0v) is 22.0. The zero-order chi connectivity index (χ0) is 24.9. The number of thioether (sulfide) groups is 1. The maximum atomic E-state index is 12.5. The predicted octanol–water partition coefficient (Wildman–Crippen LogP) is 7.12. The molecule has 0 saturated heterocycles. The van der Waals surface area contributed by atoms with E-state index in [1.54, 1.807) is 37.0 Å². The maximum absolute atomic E-state index is 12.5. The molecular formula is C24H19Cl2N5O2S2. The van der Waals surface area contributed by atoms with Crippen LogP contribution in [-0.2, 0) is 0 Å². The van der Waals surface area contributed by atoms with Gasteiger partial charge < -0.3 is 5.11 Å². The van der Waals surface area contributed by atoms with Gasteiger partial charge in [0, 0.05) is 17.0 Å². The first kappa shape index (κ1) is 23.9. The van der Waals surface area contributed by atoms with Crippen molar-refractivity contribution in [3.63, 3.8) is 0 Å². The Balaban J connectivity index is 1.72. The van der Waals surface area contributed by atoms with E-state index in [4.69, 9.17) is 28.2 Å². The van der Waals surface area contributed by atoms with Crippen molar-refractivity contribution in [2.45, 2.75) is 30.2 Å². The number of thiazole rings is 1. The first-order valence-electron chi connectivity index (χ1n) is 10.6. The third-order valence-electron chi connectivity index (χ3n) is 5.24. The molecule has 1 N–H and O–H groups in total. The third kappa shape index (κ3) is 4.33. The molecule has 4 heterocycles. The first-order chi connectivity index (χ1) is 16.7. The maximum Gasteiger partial charge on any atom is 0.355 e. The minimum atomic E-state index is -1.10. The summed E-state index contributed by atoms with van der Waals surface area (Å²) in [6, 6.07) is 11.0. The topological polar surface area (TPSA) is 85.3 Å². The van der Waals surface area contributed by atoms with Gasteiger partial charge in [0.05, 0.1) is 43.1 Å². The smallest absolute Gasteiger partial charge is 0.355 e. The number of hydrogen-bond donors (Lipinski definition) is 1. The molecule has 0 spiro atoms. The van der Waals surface area contributed by atoms with Crippen LogP contribution in [0.1, 0.15) is 30.0 Å². The molecule has 7 nitrogen and oxygen atoms in total. The number of fused-ring (bicyclic) bond motifs is 1. The van der Waals surface area contributed by atoms with Crippen molar-refractivity contribution in [1.29, 1.82) is 0 Å². The van der Waals surface area contributed by atoms with Crippen LogP contribution in [0.25, 0.3) is 33.3 Å². The highest BCUT2D eigenvalue weighted by molar-refractivity contribution is 8.01. The summed E-state index contributed by atoms with van der Waals surface area (Å²) in [6.45, 7) is 5.97. The Labute approximate surface area is 219 Å². The number of aromatic nitrogens is 5. The second-order valence-electron chi connectivity index (χ2n) is 8.03. The van der Waals surface area contributed by atoms with Gasteiger partial charge in [-0.1, -0.05) is 60.5 Å². The van der Waals surface area contributed by atoms with Crippen molar-refractivity contribution >= 4 is 57.9 Å². The van der Waals surface area contributed by atoms with Crippen molar-refractivity contribution < 1.29 is 9.90 Å². The second-order valence-corrected chi connectivity index (χ2v) is 11.7. The van der Waals surface area contributed by atoms with Crippen LogP contribution in [0.2, 0.25) is 10.0 Å². The predicted molar refractivity (Wildman–Crippen MR) is 142 cm³/mol. The fourth-order valence-electron chi connectivity index (χ4n) is 3.79. The van der Waals surface area contributed by atoms with Crippen LogP contribution in [-0.4, -0.2) is 40.5 Å². The van der Waals surface area contributed by atoms with E-state index in [9.17, 15) is 9.90 Å². The van der Waals surface area contributed by atoms with Gasteiger partial charge in [-0.15, -0.1) is 11.8 Å². The van der Waals surface area contributed by atoms with Gasteiger partial charge in [-0.2, -0.15) is 9.78 Å². The number of halogens is 2. The molecule has 0 aliphatic rings. The molecule has 1 aromatic carbocycles. The van der Waals surface area contributed by atoms with Crippen LogP contribution in [0.15, 0.2) is 53.0 Å². The Hall–Kier alpha value is -2.85. The van der Waals surface area contributed by atoms with Gasteiger partial charge >= 0.3 is 5.97 Å². The Kier molecular flexibility index (Phi) is 6.35. The average molecular weight is 544 g/mol. The normalized spacial score (nSPS) is 11.6. The van der Waals surface area contributed by atoms with E-state index in [0.29, 0.717) is 37.8 Å². The van der Waals surface area contributed by atoms with Gasteiger partial charge in [-0.25, -0.2) is 14.8 Å². The molecule has 11 heteroatoms. The standard InChI is InChI=1S/C24H19Cl2N5O2S2/c1-12(2)34-23-20(14-7-8-15(25)16(26)10-14)28-24(35-23)31-21(22(32)33)19(13(3)29-31)17-11-27-18-6-4-5-9-30(17)18/h4-12H,1-3H3,(H,32,33). The van der Waals surface area contributed by atoms with Crippen LogP contribution in [0, 0.1) is 6.92 Å². The first-order valence-corrected chi connectivity index (χ1v) is 13.1. The van der Waals surface area contributed by atoms with E-state index in [-0.39, 0.29) is 10.9 Å². The molecule has 0 saturated carbocycles. The molecule has 35 heavy (non-hydrogen) atoms.